The number of sulfonamides is 1. The number of rotatable bonds is 5. The fraction of sp³-hybridized carbons (Fsp3) is 0.250. The molecule has 1 saturated carbocycles. The Labute approximate surface area is 157 Å². The van der Waals surface area contributed by atoms with Gasteiger partial charge in [-0.25, -0.2) is 13.1 Å². The number of ether oxygens (including phenoxy) is 1. The molecular weight excluding hydrogens is 364 g/mol. The molecular formula is C20H20N2O4S. The van der Waals surface area contributed by atoms with Gasteiger partial charge in [-0.3, -0.25) is 4.79 Å². The summed E-state index contributed by atoms with van der Waals surface area (Å²) in [7, 11) is -2.45. The van der Waals surface area contributed by atoms with Crippen molar-refractivity contribution in [2.45, 2.75) is 30.1 Å². The van der Waals surface area contributed by atoms with Crippen molar-refractivity contribution >= 4 is 26.8 Å². The predicted octanol–water partition coefficient (Wildman–Crippen LogP) is 3.02. The van der Waals surface area contributed by atoms with Crippen LogP contribution in [0.2, 0.25) is 0 Å². The minimum absolute atomic E-state index is 0.0848. The standard InChI is InChI=1S/C20H20N2O4S/c1-13-6-7-17(26-2)15(12-13)20(9-10-20)19(23)22-27(24,25)18-5-3-4-16-14(18)8-11-21-16/h3-8,11-12,21H,9-10H2,1-2H3,(H,22,23). The fourth-order valence-electron chi connectivity index (χ4n) is 3.51. The number of aromatic amines is 1. The molecule has 0 unspecified atom stereocenters. The van der Waals surface area contributed by atoms with E-state index in [9.17, 15) is 13.2 Å². The van der Waals surface area contributed by atoms with Crippen molar-refractivity contribution in [1.82, 2.24) is 9.71 Å². The Morgan fingerprint density at radius 1 is 1.19 bits per heavy atom. The van der Waals surface area contributed by atoms with Gasteiger partial charge in [0.1, 0.15) is 5.75 Å². The van der Waals surface area contributed by atoms with Gasteiger partial charge >= 0.3 is 0 Å². The van der Waals surface area contributed by atoms with Crippen LogP contribution in [0.3, 0.4) is 0 Å². The Morgan fingerprint density at radius 3 is 2.67 bits per heavy atom. The van der Waals surface area contributed by atoms with E-state index in [1.165, 1.54) is 6.07 Å². The minimum Gasteiger partial charge on any atom is -0.496 e. The molecule has 6 nitrogen and oxygen atoms in total. The maximum absolute atomic E-state index is 13.0. The third-order valence-corrected chi connectivity index (χ3v) is 6.52. The second kappa shape index (κ2) is 6.13. The highest BCUT2D eigenvalue weighted by molar-refractivity contribution is 7.90. The molecule has 1 fully saturated rings. The number of H-pyrrole nitrogens is 1. The van der Waals surface area contributed by atoms with Gasteiger partial charge in [0.15, 0.2) is 0 Å². The number of aromatic nitrogens is 1. The molecule has 1 heterocycles. The van der Waals surface area contributed by atoms with Gasteiger partial charge in [-0.15, -0.1) is 0 Å². The maximum atomic E-state index is 13.0. The Morgan fingerprint density at radius 2 is 1.96 bits per heavy atom. The van der Waals surface area contributed by atoms with Gasteiger partial charge in [0.25, 0.3) is 10.0 Å². The Kier molecular flexibility index (Phi) is 3.99. The van der Waals surface area contributed by atoms with Crippen LogP contribution in [0, 0.1) is 6.92 Å². The van der Waals surface area contributed by atoms with Crippen molar-refractivity contribution in [2.75, 3.05) is 7.11 Å². The monoisotopic (exact) mass is 384 g/mol. The van der Waals surface area contributed by atoms with E-state index >= 15 is 0 Å². The largest absolute Gasteiger partial charge is 0.496 e. The first-order valence-corrected chi connectivity index (χ1v) is 10.1. The van der Waals surface area contributed by atoms with Crippen molar-refractivity contribution in [3.63, 3.8) is 0 Å². The summed E-state index contributed by atoms with van der Waals surface area (Å²) in [5, 5.41) is 0.552. The van der Waals surface area contributed by atoms with Crippen molar-refractivity contribution in [2.24, 2.45) is 0 Å². The summed E-state index contributed by atoms with van der Waals surface area (Å²) < 4.78 is 33.5. The number of benzene rings is 2. The summed E-state index contributed by atoms with van der Waals surface area (Å²) in [6, 6.07) is 12.2. The number of hydrogen-bond donors (Lipinski definition) is 2. The highest BCUT2D eigenvalue weighted by atomic mass is 32.2. The zero-order valence-corrected chi connectivity index (χ0v) is 15.9. The minimum atomic E-state index is -4.00. The number of amides is 1. The number of hydrogen-bond acceptors (Lipinski definition) is 4. The van der Waals surface area contributed by atoms with E-state index in [1.54, 1.807) is 31.5 Å². The van der Waals surface area contributed by atoms with E-state index in [0.717, 1.165) is 11.1 Å². The summed E-state index contributed by atoms with van der Waals surface area (Å²) in [4.78, 5) is 16.1. The summed E-state index contributed by atoms with van der Waals surface area (Å²) in [5.41, 5.74) is 1.56. The van der Waals surface area contributed by atoms with Gasteiger partial charge in [-0.2, -0.15) is 0 Å². The van der Waals surface area contributed by atoms with Gasteiger partial charge in [0.2, 0.25) is 5.91 Å². The second-order valence-electron chi connectivity index (χ2n) is 6.92. The van der Waals surface area contributed by atoms with Gasteiger partial charge < -0.3 is 9.72 Å². The van der Waals surface area contributed by atoms with Crippen LogP contribution in [-0.2, 0) is 20.2 Å². The molecule has 1 aliphatic carbocycles. The van der Waals surface area contributed by atoms with Gasteiger partial charge in [-0.1, -0.05) is 23.8 Å². The van der Waals surface area contributed by atoms with E-state index < -0.39 is 21.3 Å². The van der Waals surface area contributed by atoms with Crippen molar-refractivity contribution in [3.05, 3.63) is 59.8 Å². The predicted molar refractivity (Wildman–Crippen MR) is 102 cm³/mol. The Bertz CT molecular complexity index is 1140. The lowest BCUT2D eigenvalue weighted by Gasteiger charge is -2.19. The van der Waals surface area contributed by atoms with Gasteiger partial charge in [-0.05, 0) is 44.0 Å². The molecule has 2 N–H and O–H groups in total. The topological polar surface area (TPSA) is 88.3 Å². The Hall–Kier alpha value is -2.80. The summed E-state index contributed by atoms with van der Waals surface area (Å²) in [6.45, 7) is 1.93. The smallest absolute Gasteiger partial charge is 0.264 e. The second-order valence-corrected chi connectivity index (χ2v) is 8.57. The average Bonchev–Trinajstić information content (AvgIpc) is 3.31. The number of methoxy groups -OCH3 is 1. The van der Waals surface area contributed by atoms with Crippen LogP contribution < -0.4 is 9.46 Å². The number of fused-ring (bicyclic) bond motifs is 1. The van der Waals surface area contributed by atoms with E-state index in [2.05, 4.69) is 9.71 Å². The number of carbonyl (C=O) groups is 1. The summed E-state index contributed by atoms with van der Waals surface area (Å²) in [6.07, 6.45) is 2.84. The molecule has 7 heteroatoms. The molecule has 0 saturated heterocycles. The van der Waals surface area contributed by atoms with E-state index in [4.69, 9.17) is 4.74 Å². The molecule has 1 aliphatic rings. The molecule has 1 aromatic heterocycles. The highest BCUT2D eigenvalue weighted by Crippen LogP contribution is 2.52. The lowest BCUT2D eigenvalue weighted by atomic mass is 9.93. The van der Waals surface area contributed by atoms with Crippen LogP contribution in [0.1, 0.15) is 24.0 Å². The first-order chi connectivity index (χ1) is 12.9. The normalized spacial score (nSPS) is 15.5. The van der Waals surface area contributed by atoms with Crippen LogP contribution in [0.15, 0.2) is 53.6 Å². The van der Waals surface area contributed by atoms with Crippen LogP contribution in [-0.4, -0.2) is 26.4 Å². The number of carbonyl (C=O) groups excluding carboxylic acids is 1. The molecule has 0 bridgehead atoms. The molecule has 27 heavy (non-hydrogen) atoms. The molecule has 0 radical (unpaired) electrons. The van der Waals surface area contributed by atoms with Crippen LogP contribution >= 0.6 is 0 Å². The zero-order chi connectivity index (χ0) is 19.2. The first kappa shape index (κ1) is 17.6. The molecule has 4 rings (SSSR count). The lowest BCUT2D eigenvalue weighted by Crippen LogP contribution is -2.39. The van der Waals surface area contributed by atoms with Gasteiger partial charge in [0.05, 0.1) is 17.4 Å². The SMILES string of the molecule is COc1ccc(C)cc1C1(C(=O)NS(=O)(=O)c2cccc3[nH]ccc23)CC1. The van der Waals surface area contributed by atoms with E-state index in [0.29, 0.717) is 29.5 Å². The molecule has 0 aliphatic heterocycles. The first-order valence-electron chi connectivity index (χ1n) is 8.66. The zero-order valence-electron chi connectivity index (χ0n) is 15.1. The van der Waals surface area contributed by atoms with Crippen LogP contribution in [0.25, 0.3) is 10.9 Å². The number of aryl methyl sites for hydroxylation is 1. The van der Waals surface area contributed by atoms with Gasteiger partial charge in [0, 0.05) is 22.7 Å². The molecule has 0 atom stereocenters. The van der Waals surface area contributed by atoms with Crippen molar-refractivity contribution in [3.8, 4) is 5.75 Å². The summed E-state index contributed by atoms with van der Waals surface area (Å²) >= 11 is 0. The van der Waals surface area contributed by atoms with Crippen molar-refractivity contribution in [1.29, 1.82) is 0 Å². The van der Waals surface area contributed by atoms with Crippen molar-refractivity contribution < 1.29 is 17.9 Å². The van der Waals surface area contributed by atoms with E-state index in [1.807, 2.05) is 25.1 Å². The molecule has 140 valence electrons. The van der Waals surface area contributed by atoms with Crippen LogP contribution in [0.5, 0.6) is 5.75 Å². The molecule has 1 amide bonds. The molecule has 2 aromatic carbocycles. The Balaban J connectivity index is 1.70. The summed E-state index contributed by atoms with van der Waals surface area (Å²) in [5.74, 6) is 0.0809. The fourth-order valence-corrected chi connectivity index (χ4v) is 4.78. The molecule has 0 spiro atoms. The average molecular weight is 384 g/mol. The van der Waals surface area contributed by atoms with E-state index in [-0.39, 0.29) is 4.90 Å². The lowest BCUT2D eigenvalue weighted by molar-refractivity contribution is -0.121. The quantitative estimate of drug-likeness (QED) is 0.708. The highest BCUT2D eigenvalue weighted by Gasteiger charge is 2.54. The van der Waals surface area contributed by atoms with Crippen LogP contribution in [0.4, 0.5) is 0 Å². The number of nitrogens with one attached hydrogen (secondary N) is 2. The molecule has 3 aromatic rings. The third kappa shape index (κ3) is 2.88. The maximum Gasteiger partial charge on any atom is 0.264 e. The third-order valence-electron chi connectivity index (χ3n) is 5.13.